The topological polar surface area (TPSA) is 46.6 Å². The maximum atomic E-state index is 13.5. The Hall–Kier alpha value is -2.76. The molecule has 0 heterocycles. The standard InChI is InChI=1S/C20H21F2NO3/c1-13-4-6-15(7-5-13)12-23(11-14(2)20(25)26-3)19(24)16-8-9-17(21)18(22)10-16/h4-10,14H,11-12H2,1-3H3. The molecule has 1 amide bonds. The summed E-state index contributed by atoms with van der Waals surface area (Å²) in [7, 11) is 1.28. The lowest BCUT2D eigenvalue weighted by Crippen LogP contribution is -2.37. The van der Waals surface area contributed by atoms with Crippen molar-refractivity contribution in [1.29, 1.82) is 0 Å². The first-order valence-electron chi connectivity index (χ1n) is 8.19. The number of aryl methyl sites for hydroxylation is 1. The van der Waals surface area contributed by atoms with Gasteiger partial charge in [-0.15, -0.1) is 0 Å². The van der Waals surface area contributed by atoms with Gasteiger partial charge in [-0.1, -0.05) is 36.8 Å². The third kappa shape index (κ3) is 4.88. The van der Waals surface area contributed by atoms with E-state index in [0.717, 1.165) is 23.3 Å². The Kier molecular flexibility index (Phi) is 6.44. The molecule has 1 unspecified atom stereocenters. The van der Waals surface area contributed by atoms with E-state index in [1.165, 1.54) is 18.1 Å². The predicted octanol–water partition coefficient (Wildman–Crippen LogP) is 3.72. The number of benzene rings is 2. The molecule has 2 aromatic carbocycles. The zero-order chi connectivity index (χ0) is 19.3. The third-order valence-electron chi connectivity index (χ3n) is 4.05. The lowest BCUT2D eigenvalue weighted by Gasteiger charge is -2.25. The number of carbonyl (C=O) groups is 2. The highest BCUT2D eigenvalue weighted by Gasteiger charge is 2.23. The first-order valence-corrected chi connectivity index (χ1v) is 8.19. The SMILES string of the molecule is COC(=O)C(C)CN(Cc1ccc(C)cc1)C(=O)c1ccc(F)c(F)c1. The second kappa shape index (κ2) is 8.56. The maximum absolute atomic E-state index is 13.5. The fourth-order valence-electron chi connectivity index (χ4n) is 2.55. The van der Waals surface area contributed by atoms with Crippen LogP contribution in [0.1, 0.15) is 28.4 Å². The highest BCUT2D eigenvalue weighted by molar-refractivity contribution is 5.94. The minimum absolute atomic E-state index is 0.0214. The van der Waals surface area contributed by atoms with Crippen LogP contribution in [-0.2, 0) is 16.1 Å². The number of nitrogens with zero attached hydrogens (tertiary/aromatic N) is 1. The van der Waals surface area contributed by atoms with Gasteiger partial charge >= 0.3 is 5.97 Å². The lowest BCUT2D eigenvalue weighted by molar-refractivity contribution is -0.145. The van der Waals surface area contributed by atoms with Gasteiger partial charge in [0.05, 0.1) is 13.0 Å². The van der Waals surface area contributed by atoms with Crippen molar-refractivity contribution in [2.24, 2.45) is 5.92 Å². The number of hydrogen-bond donors (Lipinski definition) is 0. The molecule has 0 aliphatic heterocycles. The second-order valence-corrected chi connectivity index (χ2v) is 6.22. The van der Waals surface area contributed by atoms with Crippen molar-refractivity contribution < 1.29 is 23.1 Å². The predicted molar refractivity (Wildman–Crippen MR) is 93.5 cm³/mol. The van der Waals surface area contributed by atoms with Gasteiger partial charge in [0.1, 0.15) is 0 Å². The van der Waals surface area contributed by atoms with Gasteiger partial charge in [0.25, 0.3) is 5.91 Å². The summed E-state index contributed by atoms with van der Waals surface area (Å²) in [6.07, 6.45) is 0. The zero-order valence-corrected chi connectivity index (χ0v) is 15.0. The number of carbonyl (C=O) groups excluding carboxylic acids is 2. The minimum Gasteiger partial charge on any atom is -0.469 e. The van der Waals surface area contributed by atoms with E-state index in [4.69, 9.17) is 4.74 Å². The number of halogens is 2. The quantitative estimate of drug-likeness (QED) is 0.737. The first kappa shape index (κ1) is 19.6. The number of amides is 1. The van der Waals surface area contributed by atoms with Crippen LogP contribution in [0.2, 0.25) is 0 Å². The van der Waals surface area contributed by atoms with Crippen molar-refractivity contribution in [2.75, 3.05) is 13.7 Å². The molecule has 2 rings (SSSR count). The Bertz CT molecular complexity index is 790. The summed E-state index contributed by atoms with van der Waals surface area (Å²) in [6, 6.07) is 10.6. The fourth-order valence-corrected chi connectivity index (χ4v) is 2.55. The highest BCUT2D eigenvalue weighted by Crippen LogP contribution is 2.16. The normalized spacial score (nSPS) is 11.7. The van der Waals surface area contributed by atoms with Crippen LogP contribution in [0.25, 0.3) is 0 Å². The molecular weight excluding hydrogens is 340 g/mol. The van der Waals surface area contributed by atoms with Crippen LogP contribution in [0.5, 0.6) is 0 Å². The van der Waals surface area contributed by atoms with Gasteiger partial charge in [-0.3, -0.25) is 9.59 Å². The Labute approximate surface area is 151 Å². The van der Waals surface area contributed by atoms with Gasteiger partial charge in [-0.2, -0.15) is 0 Å². The molecule has 0 bridgehead atoms. The molecule has 0 N–H and O–H groups in total. The number of rotatable bonds is 6. The molecule has 0 saturated heterocycles. The summed E-state index contributed by atoms with van der Waals surface area (Å²) in [5.74, 6) is -3.60. The van der Waals surface area contributed by atoms with E-state index in [2.05, 4.69) is 0 Å². The molecule has 0 fully saturated rings. The molecule has 2 aromatic rings. The van der Waals surface area contributed by atoms with E-state index < -0.39 is 29.4 Å². The summed E-state index contributed by atoms with van der Waals surface area (Å²) in [5, 5.41) is 0. The van der Waals surface area contributed by atoms with Crippen molar-refractivity contribution in [1.82, 2.24) is 4.90 Å². The van der Waals surface area contributed by atoms with E-state index in [1.807, 2.05) is 31.2 Å². The van der Waals surface area contributed by atoms with Gasteiger partial charge in [-0.05, 0) is 30.7 Å². The van der Waals surface area contributed by atoms with Gasteiger partial charge in [-0.25, -0.2) is 8.78 Å². The van der Waals surface area contributed by atoms with E-state index in [-0.39, 0.29) is 18.7 Å². The third-order valence-corrected chi connectivity index (χ3v) is 4.05. The Morgan fingerprint density at radius 1 is 1.08 bits per heavy atom. The second-order valence-electron chi connectivity index (χ2n) is 6.22. The van der Waals surface area contributed by atoms with Gasteiger partial charge in [0.15, 0.2) is 11.6 Å². The molecule has 1 atom stereocenters. The number of esters is 1. The molecule has 0 aromatic heterocycles. The van der Waals surface area contributed by atoms with E-state index in [0.29, 0.717) is 0 Å². The minimum atomic E-state index is -1.09. The van der Waals surface area contributed by atoms with Crippen LogP contribution in [0, 0.1) is 24.5 Å². The van der Waals surface area contributed by atoms with Crippen LogP contribution in [0.4, 0.5) is 8.78 Å². The molecule has 0 aliphatic carbocycles. The molecule has 0 radical (unpaired) electrons. The first-order chi connectivity index (χ1) is 12.3. The van der Waals surface area contributed by atoms with Crippen LogP contribution in [0.3, 0.4) is 0 Å². The van der Waals surface area contributed by atoms with Crippen LogP contribution >= 0.6 is 0 Å². The number of ether oxygens (including phenoxy) is 1. The monoisotopic (exact) mass is 361 g/mol. The Morgan fingerprint density at radius 2 is 1.73 bits per heavy atom. The van der Waals surface area contributed by atoms with Gasteiger partial charge < -0.3 is 9.64 Å². The van der Waals surface area contributed by atoms with Crippen molar-refractivity contribution in [2.45, 2.75) is 20.4 Å². The Morgan fingerprint density at radius 3 is 2.31 bits per heavy atom. The fraction of sp³-hybridized carbons (Fsp3) is 0.300. The van der Waals surface area contributed by atoms with Gasteiger partial charge in [0.2, 0.25) is 0 Å². The lowest BCUT2D eigenvalue weighted by atomic mass is 10.1. The average molecular weight is 361 g/mol. The van der Waals surface area contributed by atoms with Crippen molar-refractivity contribution in [3.8, 4) is 0 Å². The maximum Gasteiger partial charge on any atom is 0.310 e. The largest absolute Gasteiger partial charge is 0.469 e. The zero-order valence-electron chi connectivity index (χ0n) is 15.0. The van der Waals surface area contributed by atoms with E-state index in [9.17, 15) is 18.4 Å². The number of methoxy groups -OCH3 is 1. The smallest absolute Gasteiger partial charge is 0.310 e. The molecule has 6 heteroatoms. The summed E-state index contributed by atoms with van der Waals surface area (Å²) in [5.41, 5.74) is 1.96. The van der Waals surface area contributed by atoms with Crippen LogP contribution < -0.4 is 0 Å². The van der Waals surface area contributed by atoms with E-state index >= 15 is 0 Å². The molecule has 4 nitrogen and oxygen atoms in total. The average Bonchev–Trinajstić information content (AvgIpc) is 2.63. The molecule has 138 valence electrons. The summed E-state index contributed by atoms with van der Waals surface area (Å²) in [6.45, 7) is 3.93. The summed E-state index contributed by atoms with van der Waals surface area (Å²) < 4.78 is 31.4. The van der Waals surface area contributed by atoms with Crippen LogP contribution in [0.15, 0.2) is 42.5 Å². The van der Waals surface area contributed by atoms with Crippen LogP contribution in [-0.4, -0.2) is 30.4 Å². The van der Waals surface area contributed by atoms with Crippen molar-refractivity contribution >= 4 is 11.9 Å². The van der Waals surface area contributed by atoms with Gasteiger partial charge in [0, 0.05) is 18.7 Å². The highest BCUT2D eigenvalue weighted by atomic mass is 19.2. The van der Waals surface area contributed by atoms with Crippen molar-refractivity contribution in [3.63, 3.8) is 0 Å². The molecule has 0 spiro atoms. The summed E-state index contributed by atoms with van der Waals surface area (Å²) >= 11 is 0. The number of hydrogen-bond acceptors (Lipinski definition) is 3. The molecule has 0 saturated carbocycles. The molecule has 26 heavy (non-hydrogen) atoms. The van der Waals surface area contributed by atoms with Crippen molar-refractivity contribution in [3.05, 3.63) is 70.8 Å². The molecule has 0 aliphatic rings. The molecular formula is C20H21F2NO3. The summed E-state index contributed by atoms with van der Waals surface area (Å²) in [4.78, 5) is 26.0. The Balaban J connectivity index is 2.28. The van der Waals surface area contributed by atoms with E-state index in [1.54, 1.807) is 6.92 Å².